The van der Waals surface area contributed by atoms with E-state index in [-0.39, 0.29) is 5.91 Å². The number of nitrogens with zero attached hydrogens (tertiary/aromatic N) is 3. The highest BCUT2D eigenvalue weighted by Crippen LogP contribution is 2.05. The van der Waals surface area contributed by atoms with Crippen LogP contribution < -0.4 is 10.6 Å². The van der Waals surface area contributed by atoms with Crippen LogP contribution in [0.25, 0.3) is 0 Å². The molecule has 0 saturated carbocycles. The predicted molar refractivity (Wildman–Crippen MR) is 76.4 cm³/mol. The minimum atomic E-state index is -0.160. The number of rotatable bonds is 7. The van der Waals surface area contributed by atoms with Gasteiger partial charge in [0.05, 0.1) is 0 Å². The lowest BCUT2D eigenvalue weighted by Crippen LogP contribution is -2.32. The van der Waals surface area contributed by atoms with Crippen molar-refractivity contribution in [3.63, 3.8) is 0 Å². The quantitative estimate of drug-likeness (QED) is 0.766. The zero-order valence-electron chi connectivity index (χ0n) is 12.2. The first-order valence-corrected chi connectivity index (χ1v) is 6.55. The molecule has 1 aromatic heterocycles. The average molecular weight is 265 g/mol. The number of carbonyl (C=O) groups excluding carboxylic acids is 1. The van der Waals surface area contributed by atoms with E-state index < -0.39 is 0 Å². The fourth-order valence-corrected chi connectivity index (χ4v) is 1.48. The molecule has 1 aromatic rings. The zero-order valence-corrected chi connectivity index (χ0v) is 12.2. The first-order valence-electron chi connectivity index (χ1n) is 6.55. The fraction of sp³-hybridized carbons (Fsp3) is 0.615. The number of hydrogen-bond acceptors (Lipinski definition) is 5. The van der Waals surface area contributed by atoms with E-state index in [1.807, 2.05) is 25.9 Å². The molecule has 1 heterocycles. The molecule has 0 aliphatic heterocycles. The Balaban J connectivity index is 2.65. The Hall–Kier alpha value is -1.69. The van der Waals surface area contributed by atoms with E-state index in [4.69, 9.17) is 0 Å². The van der Waals surface area contributed by atoms with Gasteiger partial charge in [-0.2, -0.15) is 0 Å². The van der Waals surface area contributed by atoms with Gasteiger partial charge < -0.3 is 15.5 Å². The highest BCUT2D eigenvalue weighted by molar-refractivity contribution is 5.92. The SMILES string of the molecule is CCCNc1nc(C)cc(C(=O)NCCN(C)C)n1. The van der Waals surface area contributed by atoms with Crippen LogP contribution in [0.3, 0.4) is 0 Å². The van der Waals surface area contributed by atoms with Crippen LogP contribution in [0.15, 0.2) is 6.07 Å². The van der Waals surface area contributed by atoms with Crippen molar-refractivity contribution < 1.29 is 4.79 Å². The maximum absolute atomic E-state index is 12.0. The van der Waals surface area contributed by atoms with Crippen LogP contribution in [-0.4, -0.2) is 54.5 Å². The molecule has 0 aromatic carbocycles. The van der Waals surface area contributed by atoms with Crippen molar-refractivity contribution in [2.24, 2.45) is 0 Å². The number of likely N-dealkylation sites (N-methyl/N-ethyl adjacent to an activating group) is 1. The van der Waals surface area contributed by atoms with Gasteiger partial charge in [0, 0.05) is 25.3 Å². The van der Waals surface area contributed by atoms with E-state index in [0.29, 0.717) is 18.2 Å². The molecule has 0 radical (unpaired) electrons. The molecule has 106 valence electrons. The standard InChI is InChI=1S/C13H23N5O/c1-5-6-15-13-16-10(2)9-11(17-13)12(19)14-7-8-18(3)4/h9H,5-8H2,1-4H3,(H,14,19)(H,15,16,17). The van der Waals surface area contributed by atoms with Gasteiger partial charge in [-0.1, -0.05) is 6.92 Å². The summed E-state index contributed by atoms with van der Waals surface area (Å²) < 4.78 is 0. The summed E-state index contributed by atoms with van der Waals surface area (Å²) in [5.41, 5.74) is 1.19. The minimum Gasteiger partial charge on any atom is -0.354 e. The molecule has 0 aliphatic carbocycles. The summed E-state index contributed by atoms with van der Waals surface area (Å²) >= 11 is 0. The smallest absolute Gasteiger partial charge is 0.270 e. The number of hydrogen-bond donors (Lipinski definition) is 2. The highest BCUT2D eigenvalue weighted by atomic mass is 16.1. The van der Waals surface area contributed by atoms with Gasteiger partial charge in [-0.15, -0.1) is 0 Å². The number of amides is 1. The summed E-state index contributed by atoms with van der Waals surface area (Å²) in [4.78, 5) is 22.4. The molecule has 0 atom stereocenters. The van der Waals surface area contributed by atoms with Crippen molar-refractivity contribution in [1.29, 1.82) is 0 Å². The second kappa shape index (κ2) is 7.68. The van der Waals surface area contributed by atoms with Crippen LogP contribution in [0, 0.1) is 6.92 Å². The van der Waals surface area contributed by atoms with Gasteiger partial charge >= 0.3 is 0 Å². The molecule has 6 heteroatoms. The Morgan fingerprint density at radius 1 is 1.32 bits per heavy atom. The lowest BCUT2D eigenvalue weighted by atomic mass is 10.3. The second-order valence-corrected chi connectivity index (χ2v) is 4.70. The van der Waals surface area contributed by atoms with E-state index in [1.54, 1.807) is 6.07 Å². The van der Waals surface area contributed by atoms with Gasteiger partial charge in [0.15, 0.2) is 0 Å². The van der Waals surface area contributed by atoms with Crippen LogP contribution >= 0.6 is 0 Å². The van der Waals surface area contributed by atoms with Crippen LogP contribution in [-0.2, 0) is 0 Å². The number of anilines is 1. The molecular weight excluding hydrogens is 242 g/mol. The van der Waals surface area contributed by atoms with Gasteiger partial charge in [0.2, 0.25) is 5.95 Å². The number of carbonyl (C=O) groups is 1. The molecule has 0 aliphatic rings. The third-order valence-electron chi connectivity index (χ3n) is 2.46. The monoisotopic (exact) mass is 265 g/mol. The Labute approximate surface area is 114 Å². The Kier molecular flexibility index (Phi) is 6.21. The van der Waals surface area contributed by atoms with Gasteiger partial charge in [-0.3, -0.25) is 4.79 Å². The predicted octanol–water partition coefficient (Wildman–Crippen LogP) is 0.898. The normalized spacial score (nSPS) is 10.6. The van der Waals surface area contributed by atoms with Crippen LogP contribution in [0.2, 0.25) is 0 Å². The summed E-state index contributed by atoms with van der Waals surface area (Å²) in [6, 6.07) is 1.70. The Morgan fingerprint density at radius 3 is 2.68 bits per heavy atom. The summed E-state index contributed by atoms with van der Waals surface area (Å²) in [5, 5.41) is 5.94. The van der Waals surface area contributed by atoms with Crippen molar-refractivity contribution >= 4 is 11.9 Å². The summed E-state index contributed by atoms with van der Waals surface area (Å²) in [7, 11) is 3.93. The van der Waals surface area contributed by atoms with Gasteiger partial charge in [0.25, 0.3) is 5.91 Å². The molecule has 0 fully saturated rings. The molecule has 6 nitrogen and oxygen atoms in total. The van der Waals surface area contributed by atoms with Crippen molar-refractivity contribution in [3.8, 4) is 0 Å². The number of aromatic nitrogens is 2. The molecule has 1 amide bonds. The van der Waals surface area contributed by atoms with Crippen LogP contribution in [0.5, 0.6) is 0 Å². The van der Waals surface area contributed by atoms with Gasteiger partial charge in [-0.25, -0.2) is 9.97 Å². The molecule has 0 bridgehead atoms. The van der Waals surface area contributed by atoms with E-state index in [9.17, 15) is 4.79 Å². The lowest BCUT2D eigenvalue weighted by molar-refractivity contribution is 0.0946. The largest absolute Gasteiger partial charge is 0.354 e. The van der Waals surface area contributed by atoms with Crippen molar-refractivity contribution in [2.75, 3.05) is 39.0 Å². The number of aryl methyl sites for hydroxylation is 1. The Bertz CT molecular complexity index is 419. The zero-order chi connectivity index (χ0) is 14.3. The highest BCUT2D eigenvalue weighted by Gasteiger charge is 2.09. The van der Waals surface area contributed by atoms with E-state index in [2.05, 4.69) is 27.5 Å². The van der Waals surface area contributed by atoms with Crippen molar-refractivity contribution in [2.45, 2.75) is 20.3 Å². The molecule has 1 rings (SSSR count). The summed E-state index contributed by atoms with van der Waals surface area (Å²) in [6.07, 6.45) is 0.988. The van der Waals surface area contributed by atoms with E-state index in [1.165, 1.54) is 0 Å². The van der Waals surface area contributed by atoms with E-state index in [0.717, 1.165) is 25.2 Å². The van der Waals surface area contributed by atoms with Gasteiger partial charge in [0.1, 0.15) is 5.69 Å². The van der Waals surface area contributed by atoms with E-state index >= 15 is 0 Å². The third kappa shape index (κ3) is 5.65. The molecule has 0 spiro atoms. The van der Waals surface area contributed by atoms with Crippen LogP contribution in [0.1, 0.15) is 29.5 Å². The molecule has 0 unspecified atom stereocenters. The Morgan fingerprint density at radius 2 is 2.05 bits per heavy atom. The maximum Gasteiger partial charge on any atom is 0.270 e. The fourth-order valence-electron chi connectivity index (χ4n) is 1.48. The second-order valence-electron chi connectivity index (χ2n) is 4.70. The molecule has 2 N–H and O–H groups in total. The topological polar surface area (TPSA) is 70.2 Å². The van der Waals surface area contributed by atoms with Crippen molar-refractivity contribution in [1.82, 2.24) is 20.2 Å². The molecule has 0 saturated heterocycles. The van der Waals surface area contributed by atoms with Crippen LogP contribution in [0.4, 0.5) is 5.95 Å². The minimum absolute atomic E-state index is 0.160. The molecule has 19 heavy (non-hydrogen) atoms. The van der Waals surface area contributed by atoms with Gasteiger partial charge in [-0.05, 0) is 33.5 Å². The molecular formula is C13H23N5O. The lowest BCUT2D eigenvalue weighted by Gasteiger charge is -2.11. The van der Waals surface area contributed by atoms with Crippen molar-refractivity contribution in [3.05, 3.63) is 17.5 Å². The maximum atomic E-state index is 12.0. The summed E-state index contributed by atoms with van der Waals surface area (Å²) in [6.45, 7) is 6.13. The average Bonchev–Trinajstić information content (AvgIpc) is 2.35. The number of nitrogens with one attached hydrogen (secondary N) is 2. The third-order valence-corrected chi connectivity index (χ3v) is 2.46. The first kappa shape index (κ1) is 15.4. The summed E-state index contributed by atoms with van der Waals surface area (Å²) in [5.74, 6) is 0.353. The first-order chi connectivity index (χ1) is 9.02.